The zero-order valence-corrected chi connectivity index (χ0v) is 16.5. The van der Waals surface area contributed by atoms with Crippen molar-refractivity contribution in [3.05, 3.63) is 63.3 Å². The van der Waals surface area contributed by atoms with Crippen LogP contribution in [0.5, 0.6) is 0 Å². The second-order valence-corrected chi connectivity index (χ2v) is 8.30. The monoisotopic (exact) mass is 409 g/mol. The van der Waals surface area contributed by atoms with Crippen LogP contribution >= 0.6 is 0 Å². The molecule has 1 aromatic heterocycles. The summed E-state index contributed by atoms with van der Waals surface area (Å²) in [5.41, 5.74) is 2.30. The molecule has 9 heteroatoms. The van der Waals surface area contributed by atoms with Gasteiger partial charge in [0.05, 0.1) is 42.9 Å². The number of fused-ring (bicyclic) bond motifs is 2. The van der Waals surface area contributed by atoms with Gasteiger partial charge in [-0.25, -0.2) is 0 Å². The summed E-state index contributed by atoms with van der Waals surface area (Å²) >= 11 is 0. The Morgan fingerprint density at radius 1 is 0.800 bits per heavy atom. The number of ketones is 2. The molecule has 3 heterocycles. The Morgan fingerprint density at radius 3 is 1.80 bits per heavy atom. The Kier molecular flexibility index (Phi) is 4.37. The number of nitrogens with one attached hydrogen (secondary N) is 2. The molecule has 1 aliphatic carbocycles. The SMILES string of the molecule is O=C1c2ccncc2C(=O)c2c(NCC[N+]3([O-])CC3)ccc(NCC[N+]3([O-])CC3)c21. The predicted octanol–water partition coefficient (Wildman–Crippen LogP) is 1.34. The smallest absolute Gasteiger partial charge is 0.198 e. The Bertz CT molecular complexity index is 964. The third-order valence-corrected chi connectivity index (χ3v) is 6.08. The summed E-state index contributed by atoms with van der Waals surface area (Å²) in [5, 5.41) is 30.3. The van der Waals surface area contributed by atoms with E-state index < -0.39 is 0 Å². The highest BCUT2D eigenvalue weighted by Crippen LogP contribution is 2.36. The van der Waals surface area contributed by atoms with Crippen molar-refractivity contribution in [2.75, 3.05) is 63.0 Å². The largest absolute Gasteiger partial charge is 0.632 e. The number of anilines is 2. The number of carbonyl (C=O) groups excluding carboxylic acids is 2. The minimum absolute atomic E-state index is 0.217. The summed E-state index contributed by atoms with van der Waals surface area (Å²) in [4.78, 5) is 30.5. The molecule has 5 rings (SSSR count). The molecule has 0 radical (unpaired) electrons. The zero-order valence-electron chi connectivity index (χ0n) is 16.5. The zero-order chi connectivity index (χ0) is 20.9. The number of nitrogens with zero attached hydrogens (tertiary/aromatic N) is 3. The fourth-order valence-electron chi connectivity index (χ4n) is 3.87. The number of rotatable bonds is 8. The molecule has 0 amide bonds. The van der Waals surface area contributed by atoms with Crippen molar-refractivity contribution >= 4 is 22.9 Å². The number of hydrogen-bond donors (Lipinski definition) is 2. The summed E-state index contributed by atoms with van der Waals surface area (Å²) in [5.74, 6) is -0.515. The number of quaternary nitrogens is 2. The van der Waals surface area contributed by atoms with Crippen LogP contribution in [0.4, 0.5) is 11.4 Å². The lowest BCUT2D eigenvalue weighted by Gasteiger charge is -2.26. The second-order valence-electron chi connectivity index (χ2n) is 8.30. The Labute approximate surface area is 173 Å². The summed E-state index contributed by atoms with van der Waals surface area (Å²) < 4.78 is -0.435. The van der Waals surface area contributed by atoms with Crippen LogP contribution < -0.4 is 10.6 Å². The number of hydrogen-bond acceptors (Lipinski definition) is 7. The van der Waals surface area contributed by atoms with Crippen molar-refractivity contribution < 1.29 is 18.9 Å². The topological polar surface area (TPSA) is 117 Å². The van der Waals surface area contributed by atoms with Crippen LogP contribution in [0, 0.1) is 10.4 Å². The third-order valence-electron chi connectivity index (χ3n) is 6.08. The highest BCUT2D eigenvalue weighted by molar-refractivity contribution is 6.31. The van der Waals surface area contributed by atoms with Gasteiger partial charge < -0.3 is 30.3 Å². The molecule has 30 heavy (non-hydrogen) atoms. The van der Waals surface area contributed by atoms with E-state index in [-0.39, 0.29) is 26.4 Å². The molecule has 0 unspecified atom stereocenters. The normalized spacial score (nSPS) is 19.7. The van der Waals surface area contributed by atoms with Crippen molar-refractivity contribution in [1.82, 2.24) is 4.98 Å². The van der Waals surface area contributed by atoms with Crippen molar-refractivity contribution in [1.29, 1.82) is 0 Å². The maximum Gasteiger partial charge on any atom is 0.198 e. The van der Waals surface area contributed by atoms with Crippen LogP contribution in [-0.2, 0) is 0 Å². The average molecular weight is 409 g/mol. The number of aromatic nitrogens is 1. The molecule has 0 bridgehead atoms. The van der Waals surface area contributed by atoms with E-state index >= 15 is 0 Å². The second kappa shape index (κ2) is 6.85. The number of hydroxylamine groups is 6. The summed E-state index contributed by atoms with van der Waals surface area (Å²) in [7, 11) is 0. The van der Waals surface area contributed by atoms with Gasteiger partial charge in [-0.05, 0) is 18.2 Å². The molecule has 0 saturated carbocycles. The van der Waals surface area contributed by atoms with E-state index in [4.69, 9.17) is 0 Å². The quantitative estimate of drug-likeness (QED) is 0.327. The van der Waals surface area contributed by atoms with Gasteiger partial charge >= 0.3 is 0 Å². The summed E-state index contributed by atoms with van der Waals surface area (Å²) in [6.07, 6.45) is 2.92. The van der Waals surface area contributed by atoms with Crippen LogP contribution in [0.2, 0.25) is 0 Å². The van der Waals surface area contributed by atoms with E-state index in [9.17, 15) is 20.0 Å². The first kappa shape index (κ1) is 19.1. The highest BCUT2D eigenvalue weighted by Gasteiger charge is 2.36. The van der Waals surface area contributed by atoms with Gasteiger partial charge in [0.15, 0.2) is 11.6 Å². The highest BCUT2D eigenvalue weighted by atomic mass is 16.6. The van der Waals surface area contributed by atoms with Crippen LogP contribution in [0.1, 0.15) is 31.8 Å². The van der Waals surface area contributed by atoms with Crippen molar-refractivity contribution in [2.45, 2.75) is 0 Å². The lowest BCUT2D eigenvalue weighted by molar-refractivity contribution is -0.741. The molecule has 2 saturated heterocycles. The number of benzene rings is 1. The maximum absolute atomic E-state index is 13.3. The van der Waals surface area contributed by atoms with Gasteiger partial charge in [0.2, 0.25) is 0 Å². The van der Waals surface area contributed by atoms with E-state index in [2.05, 4.69) is 15.6 Å². The molecule has 2 aliphatic heterocycles. The first-order valence-corrected chi connectivity index (χ1v) is 10.2. The molecular formula is C21H23N5O4. The Hall–Kier alpha value is -2.85. The van der Waals surface area contributed by atoms with Crippen LogP contribution in [0.3, 0.4) is 0 Å². The molecule has 3 aliphatic rings. The van der Waals surface area contributed by atoms with E-state index in [1.807, 2.05) is 0 Å². The fraction of sp³-hybridized carbons (Fsp3) is 0.381. The molecule has 0 spiro atoms. The van der Waals surface area contributed by atoms with Gasteiger partial charge in [0, 0.05) is 29.3 Å². The predicted molar refractivity (Wildman–Crippen MR) is 111 cm³/mol. The molecule has 9 nitrogen and oxygen atoms in total. The third kappa shape index (κ3) is 3.46. The van der Waals surface area contributed by atoms with Gasteiger partial charge in [-0.2, -0.15) is 0 Å². The van der Waals surface area contributed by atoms with Gasteiger partial charge in [-0.3, -0.25) is 14.6 Å². The van der Waals surface area contributed by atoms with Crippen molar-refractivity contribution in [2.24, 2.45) is 0 Å². The molecule has 2 fully saturated rings. The van der Waals surface area contributed by atoms with Crippen LogP contribution in [0.25, 0.3) is 0 Å². The lowest BCUT2D eigenvalue weighted by atomic mass is 9.83. The van der Waals surface area contributed by atoms with Gasteiger partial charge in [0.1, 0.15) is 26.2 Å². The van der Waals surface area contributed by atoms with Crippen LogP contribution in [0.15, 0.2) is 30.6 Å². The molecular weight excluding hydrogens is 386 g/mol. The Balaban J connectivity index is 1.47. The minimum Gasteiger partial charge on any atom is -0.632 e. The molecule has 1 aromatic carbocycles. The van der Waals surface area contributed by atoms with E-state index in [0.29, 0.717) is 80.4 Å². The average Bonchev–Trinajstić information content (AvgIpc) is 3.66. The summed E-state index contributed by atoms with van der Waals surface area (Å²) in [6.45, 7) is 4.17. The number of pyridine rings is 1. The molecule has 2 aromatic rings. The van der Waals surface area contributed by atoms with Gasteiger partial charge in [0.25, 0.3) is 0 Å². The van der Waals surface area contributed by atoms with Crippen molar-refractivity contribution in [3.8, 4) is 0 Å². The number of carbonyl (C=O) groups is 2. The van der Waals surface area contributed by atoms with E-state index in [0.717, 1.165) is 0 Å². The van der Waals surface area contributed by atoms with Gasteiger partial charge in [-0.1, -0.05) is 0 Å². The molecule has 0 atom stereocenters. The summed E-state index contributed by atoms with van der Waals surface area (Å²) in [6, 6.07) is 5.07. The standard InChI is InChI=1S/C21H23N5O4/c27-20-14-3-4-22-13-15(14)21(28)19-17(24-6-8-26(30)11-12-26)2-1-16(18(19)20)23-5-7-25(29)9-10-25/h1-4,13,23-24H,5-12H2. The van der Waals surface area contributed by atoms with Crippen LogP contribution in [-0.4, -0.2) is 78.2 Å². The first-order chi connectivity index (χ1) is 14.4. The van der Waals surface area contributed by atoms with E-state index in [1.54, 1.807) is 18.2 Å². The molecule has 156 valence electrons. The van der Waals surface area contributed by atoms with E-state index in [1.165, 1.54) is 12.4 Å². The van der Waals surface area contributed by atoms with Crippen molar-refractivity contribution in [3.63, 3.8) is 0 Å². The molecule has 2 N–H and O–H groups in total. The van der Waals surface area contributed by atoms with Gasteiger partial charge in [-0.15, -0.1) is 0 Å². The maximum atomic E-state index is 13.3. The lowest BCUT2D eigenvalue weighted by Crippen LogP contribution is -2.29. The Morgan fingerprint density at radius 2 is 1.30 bits per heavy atom. The minimum atomic E-state index is -0.269. The fourth-order valence-corrected chi connectivity index (χ4v) is 3.87. The first-order valence-electron chi connectivity index (χ1n) is 10.2.